The van der Waals surface area contributed by atoms with Gasteiger partial charge in [-0.2, -0.15) is 0 Å². The number of amides is 1. The van der Waals surface area contributed by atoms with Crippen molar-refractivity contribution in [3.05, 3.63) is 11.6 Å². The summed E-state index contributed by atoms with van der Waals surface area (Å²) in [6, 6.07) is 0. The van der Waals surface area contributed by atoms with Gasteiger partial charge in [0.2, 0.25) is 5.91 Å². The third-order valence-corrected chi connectivity index (χ3v) is 10.4. The van der Waals surface area contributed by atoms with E-state index in [0.717, 1.165) is 35.3 Å². The number of allylic oxidation sites excluding steroid dienone is 1. The molecule has 2 aliphatic heterocycles. The number of carbonyl (C=O) groups excluding carboxylic acids is 1. The Morgan fingerprint density at radius 3 is 2.43 bits per heavy atom. The van der Waals surface area contributed by atoms with Crippen molar-refractivity contribution < 1.29 is 4.79 Å². The molecule has 2 fully saturated rings. The quantitative estimate of drug-likeness (QED) is 0.288. The Hall–Kier alpha value is 0.610. The fourth-order valence-electron chi connectivity index (χ4n) is 2.96. The first-order chi connectivity index (χ1) is 11.3. The topological polar surface area (TPSA) is 43.1 Å². The van der Waals surface area contributed by atoms with E-state index in [9.17, 15) is 4.79 Å². The molecule has 132 valence electrons. The summed E-state index contributed by atoms with van der Waals surface area (Å²) in [4.78, 5) is 11.6. The summed E-state index contributed by atoms with van der Waals surface area (Å²) in [6.45, 7) is 0. The Balaban J connectivity index is 1.58. The molecule has 0 spiro atoms. The van der Waals surface area contributed by atoms with E-state index in [-0.39, 0.29) is 5.91 Å². The number of unbranched alkanes of at least 4 members (excludes halogenated alkanes) is 2. The van der Waals surface area contributed by atoms with E-state index in [1.807, 2.05) is 32.4 Å². The second-order valence-electron chi connectivity index (χ2n) is 6.28. The van der Waals surface area contributed by atoms with Crippen LogP contribution in [0.25, 0.3) is 0 Å². The highest BCUT2D eigenvalue weighted by Gasteiger charge is 2.16. The van der Waals surface area contributed by atoms with Gasteiger partial charge < -0.3 is 5.73 Å². The SMILES string of the molecule is NC(=O)/C(=C\CCCCC1CCSS1)CCCC1CCCSS1. The van der Waals surface area contributed by atoms with Gasteiger partial charge in [-0.25, -0.2) is 0 Å². The van der Waals surface area contributed by atoms with Crippen LogP contribution in [0.2, 0.25) is 0 Å². The van der Waals surface area contributed by atoms with E-state index in [2.05, 4.69) is 16.9 Å². The second kappa shape index (κ2) is 12.0. The highest BCUT2D eigenvalue weighted by atomic mass is 33.1. The van der Waals surface area contributed by atoms with E-state index in [1.165, 1.54) is 56.5 Å². The lowest BCUT2D eigenvalue weighted by atomic mass is 10.0. The van der Waals surface area contributed by atoms with Crippen LogP contribution in [0.15, 0.2) is 11.6 Å². The zero-order valence-electron chi connectivity index (χ0n) is 13.8. The molecule has 2 heterocycles. The molecular weight excluding hydrogens is 362 g/mol. The molecule has 0 bridgehead atoms. The van der Waals surface area contributed by atoms with Crippen LogP contribution < -0.4 is 5.73 Å². The number of rotatable bonds is 10. The van der Waals surface area contributed by atoms with Gasteiger partial charge in [0.05, 0.1) is 0 Å². The third kappa shape index (κ3) is 8.50. The highest BCUT2D eigenvalue weighted by molar-refractivity contribution is 8.77. The average molecular weight is 392 g/mol. The van der Waals surface area contributed by atoms with Crippen LogP contribution in [0.5, 0.6) is 0 Å². The Kier molecular flexibility index (Phi) is 10.4. The molecule has 0 aromatic carbocycles. The normalized spacial score (nSPS) is 25.7. The van der Waals surface area contributed by atoms with Crippen molar-refractivity contribution in [2.75, 3.05) is 11.5 Å². The van der Waals surface area contributed by atoms with Crippen molar-refractivity contribution in [3.8, 4) is 0 Å². The zero-order valence-corrected chi connectivity index (χ0v) is 17.1. The molecule has 23 heavy (non-hydrogen) atoms. The standard InChI is InChI=1S/C17H29NOS4/c18-17(19)14(7-4-9-15-10-5-12-20-22-15)6-2-1-3-8-16-11-13-21-23-16/h6,15-16H,1-5,7-13H2,(H2,18,19)/b14-6-. The zero-order chi connectivity index (χ0) is 16.3. The lowest BCUT2D eigenvalue weighted by Gasteiger charge is -2.20. The van der Waals surface area contributed by atoms with E-state index in [1.54, 1.807) is 0 Å². The number of hydrogen-bond acceptors (Lipinski definition) is 5. The van der Waals surface area contributed by atoms with Crippen LogP contribution in [0.3, 0.4) is 0 Å². The molecule has 0 aromatic heterocycles. The molecule has 2 atom stereocenters. The summed E-state index contributed by atoms with van der Waals surface area (Å²) in [5.74, 6) is 2.41. The monoisotopic (exact) mass is 391 g/mol. The summed E-state index contributed by atoms with van der Waals surface area (Å²) < 4.78 is 0. The van der Waals surface area contributed by atoms with Crippen LogP contribution in [0.1, 0.15) is 64.2 Å². The fraction of sp³-hybridized carbons (Fsp3) is 0.824. The summed E-state index contributed by atoms with van der Waals surface area (Å²) in [6.07, 6.45) is 14.2. The van der Waals surface area contributed by atoms with Crippen LogP contribution in [-0.2, 0) is 4.79 Å². The van der Waals surface area contributed by atoms with E-state index in [0.29, 0.717) is 0 Å². The van der Waals surface area contributed by atoms with E-state index < -0.39 is 0 Å². The minimum Gasteiger partial charge on any atom is -0.366 e. The van der Waals surface area contributed by atoms with Gasteiger partial charge in [0.15, 0.2) is 0 Å². The Labute approximate surface area is 157 Å². The summed E-state index contributed by atoms with van der Waals surface area (Å²) in [5.41, 5.74) is 6.41. The summed E-state index contributed by atoms with van der Waals surface area (Å²) in [7, 11) is 8.12. The van der Waals surface area contributed by atoms with Gasteiger partial charge in [-0.15, -0.1) is 0 Å². The first kappa shape index (κ1) is 19.9. The minimum absolute atomic E-state index is 0.210. The molecule has 2 nitrogen and oxygen atoms in total. The lowest BCUT2D eigenvalue weighted by molar-refractivity contribution is -0.114. The fourth-order valence-corrected chi connectivity index (χ4v) is 8.88. The molecular formula is C17H29NOS4. The molecule has 2 N–H and O–H groups in total. The van der Waals surface area contributed by atoms with Crippen LogP contribution in [0, 0.1) is 0 Å². The predicted octanol–water partition coefficient (Wildman–Crippen LogP) is 5.83. The summed E-state index contributed by atoms with van der Waals surface area (Å²) >= 11 is 0. The van der Waals surface area contributed by atoms with Gasteiger partial charge in [0, 0.05) is 27.6 Å². The van der Waals surface area contributed by atoms with Crippen molar-refractivity contribution in [3.63, 3.8) is 0 Å². The van der Waals surface area contributed by atoms with Crippen molar-refractivity contribution in [1.82, 2.24) is 0 Å². The molecule has 6 heteroatoms. The number of hydrogen-bond donors (Lipinski definition) is 1. The molecule has 1 amide bonds. The van der Waals surface area contributed by atoms with Crippen LogP contribution in [-0.4, -0.2) is 27.9 Å². The van der Waals surface area contributed by atoms with Gasteiger partial charge in [0.1, 0.15) is 0 Å². The maximum atomic E-state index is 11.6. The minimum atomic E-state index is -0.210. The van der Waals surface area contributed by atoms with E-state index >= 15 is 0 Å². The Bertz CT molecular complexity index is 377. The molecule has 2 saturated heterocycles. The average Bonchev–Trinajstić information content (AvgIpc) is 3.07. The Morgan fingerprint density at radius 2 is 1.74 bits per heavy atom. The van der Waals surface area contributed by atoms with Crippen molar-refractivity contribution in [2.24, 2.45) is 5.73 Å². The first-order valence-corrected chi connectivity index (χ1v) is 13.6. The van der Waals surface area contributed by atoms with Crippen molar-refractivity contribution >= 4 is 49.1 Å². The molecule has 2 rings (SSSR count). The number of primary amides is 1. The van der Waals surface area contributed by atoms with Gasteiger partial charge in [-0.1, -0.05) is 55.7 Å². The van der Waals surface area contributed by atoms with Gasteiger partial charge >= 0.3 is 0 Å². The molecule has 0 aromatic rings. The van der Waals surface area contributed by atoms with Crippen LogP contribution in [0.4, 0.5) is 0 Å². The first-order valence-electron chi connectivity index (χ1n) is 8.81. The van der Waals surface area contributed by atoms with Crippen molar-refractivity contribution in [1.29, 1.82) is 0 Å². The largest absolute Gasteiger partial charge is 0.366 e. The predicted molar refractivity (Wildman–Crippen MR) is 111 cm³/mol. The molecule has 2 unspecified atom stereocenters. The van der Waals surface area contributed by atoms with E-state index in [4.69, 9.17) is 5.73 Å². The van der Waals surface area contributed by atoms with Gasteiger partial charge in [-0.3, -0.25) is 4.79 Å². The van der Waals surface area contributed by atoms with Gasteiger partial charge in [0.25, 0.3) is 0 Å². The second-order valence-corrected chi connectivity index (χ2v) is 11.9. The molecule has 0 aliphatic carbocycles. The number of nitrogens with two attached hydrogens (primary N) is 1. The lowest BCUT2D eigenvalue weighted by Crippen LogP contribution is -2.15. The summed E-state index contributed by atoms with van der Waals surface area (Å²) in [5, 5.41) is 1.65. The maximum Gasteiger partial charge on any atom is 0.244 e. The number of carbonyl (C=O) groups is 1. The van der Waals surface area contributed by atoms with Crippen LogP contribution >= 0.6 is 43.2 Å². The highest BCUT2D eigenvalue weighted by Crippen LogP contribution is 2.40. The maximum absolute atomic E-state index is 11.6. The Morgan fingerprint density at radius 1 is 1.00 bits per heavy atom. The smallest absolute Gasteiger partial charge is 0.244 e. The molecule has 0 saturated carbocycles. The molecule has 2 aliphatic rings. The van der Waals surface area contributed by atoms with Crippen molar-refractivity contribution in [2.45, 2.75) is 74.7 Å². The third-order valence-electron chi connectivity index (χ3n) is 4.34. The molecule has 0 radical (unpaired) electrons. The van der Waals surface area contributed by atoms with Gasteiger partial charge in [-0.05, 0) is 57.8 Å².